The van der Waals surface area contributed by atoms with E-state index in [1.807, 2.05) is 24.5 Å². The van der Waals surface area contributed by atoms with E-state index in [1.54, 1.807) is 13.2 Å². The maximum atomic E-state index is 13.8. The first-order valence-electron chi connectivity index (χ1n) is 11.7. The van der Waals surface area contributed by atoms with Crippen LogP contribution >= 0.6 is 0 Å². The Kier molecular flexibility index (Phi) is 7.37. The molecule has 2 aliphatic rings. The Labute approximate surface area is 180 Å². The molecular formula is C26H35FN2O. The second-order valence-corrected chi connectivity index (χ2v) is 9.19. The van der Waals surface area contributed by atoms with Crippen molar-refractivity contribution in [1.82, 2.24) is 9.88 Å². The van der Waals surface area contributed by atoms with Crippen molar-refractivity contribution in [2.75, 3.05) is 26.7 Å². The van der Waals surface area contributed by atoms with Gasteiger partial charge in [-0.15, -0.1) is 0 Å². The number of ether oxygens (including phenoxy) is 1. The summed E-state index contributed by atoms with van der Waals surface area (Å²) in [6.45, 7) is 3.44. The molecule has 0 unspecified atom stereocenters. The molecule has 1 aliphatic carbocycles. The molecule has 4 rings (SSSR count). The third kappa shape index (κ3) is 5.40. The number of hydrogen-bond acceptors (Lipinski definition) is 3. The van der Waals surface area contributed by atoms with Gasteiger partial charge in [0.1, 0.15) is 0 Å². The lowest BCUT2D eigenvalue weighted by Gasteiger charge is -2.38. The Morgan fingerprint density at radius 3 is 2.60 bits per heavy atom. The molecule has 0 N–H and O–H groups in total. The van der Waals surface area contributed by atoms with Gasteiger partial charge in [-0.05, 0) is 79.4 Å². The van der Waals surface area contributed by atoms with E-state index in [4.69, 9.17) is 4.74 Å². The van der Waals surface area contributed by atoms with Crippen LogP contribution < -0.4 is 4.74 Å². The molecule has 2 aromatic rings. The van der Waals surface area contributed by atoms with Crippen molar-refractivity contribution in [3.8, 4) is 5.75 Å². The zero-order chi connectivity index (χ0) is 20.8. The van der Waals surface area contributed by atoms with Gasteiger partial charge in [-0.2, -0.15) is 0 Å². The number of nitrogens with zero attached hydrogens (tertiary/aromatic N) is 2. The molecule has 0 amide bonds. The fourth-order valence-corrected chi connectivity index (χ4v) is 5.52. The Bertz CT molecular complexity index is 783. The van der Waals surface area contributed by atoms with E-state index < -0.39 is 0 Å². The second kappa shape index (κ2) is 10.4. The summed E-state index contributed by atoms with van der Waals surface area (Å²) in [4.78, 5) is 7.02. The fraction of sp³-hybridized carbons (Fsp3) is 0.577. The minimum absolute atomic E-state index is 0.274. The van der Waals surface area contributed by atoms with E-state index in [1.165, 1.54) is 49.8 Å². The molecule has 2 heterocycles. The highest BCUT2D eigenvalue weighted by molar-refractivity contribution is 5.32. The van der Waals surface area contributed by atoms with Crippen LogP contribution in [0.3, 0.4) is 0 Å². The average molecular weight is 411 g/mol. The average Bonchev–Trinajstić information content (AvgIpc) is 2.81. The highest BCUT2D eigenvalue weighted by Gasteiger charge is 2.28. The SMILES string of the molecule is COc1cc(C2CCN(C[C@H](Cc3cccnc3)C3CCCCC3)CC2)ccc1F. The number of aromatic nitrogens is 1. The molecule has 0 bridgehead atoms. The molecule has 3 nitrogen and oxygen atoms in total. The van der Waals surface area contributed by atoms with Gasteiger partial charge in [0.2, 0.25) is 0 Å². The molecule has 0 radical (unpaired) electrons. The van der Waals surface area contributed by atoms with Crippen LogP contribution in [-0.4, -0.2) is 36.6 Å². The molecule has 1 aliphatic heterocycles. The van der Waals surface area contributed by atoms with Crippen LogP contribution in [0, 0.1) is 17.7 Å². The Hall–Kier alpha value is -1.94. The Balaban J connectivity index is 1.37. The van der Waals surface area contributed by atoms with Gasteiger partial charge in [-0.1, -0.05) is 44.2 Å². The van der Waals surface area contributed by atoms with Crippen molar-refractivity contribution in [1.29, 1.82) is 0 Å². The minimum Gasteiger partial charge on any atom is -0.494 e. The van der Waals surface area contributed by atoms with Crippen LogP contribution in [-0.2, 0) is 6.42 Å². The van der Waals surface area contributed by atoms with Crippen molar-refractivity contribution in [2.24, 2.45) is 11.8 Å². The first-order valence-corrected chi connectivity index (χ1v) is 11.7. The summed E-state index contributed by atoms with van der Waals surface area (Å²) in [5, 5.41) is 0. The van der Waals surface area contributed by atoms with Gasteiger partial charge in [0.05, 0.1) is 7.11 Å². The van der Waals surface area contributed by atoms with Gasteiger partial charge in [-0.3, -0.25) is 4.98 Å². The van der Waals surface area contributed by atoms with Crippen molar-refractivity contribution >= 4 is 0 Å². The standard InChI is InChI=1S/C26H35FN2O/c1-30-26-17-23(9-10-25(26)27)22-11-14-29(15-12-22)19-24(21-7-3-2-4-8-21)16-20-6-5-13-28-18-20/h5-6,9-10,13,17-18,21-22,24H,2-4,7-8,11-12,14-16,19H2,1H3/t24-/m0/s1. The number of rotatable bonds is 7. The lowest BCUT2D eigenvalue weighted by molar-refractivity contribution is 0.137. The van der Waals surface area contributed by atoms with Gasteiger partial charge in [0, 0.05) is 18.9 Å². The maximum Gasteiger partial charge on any atom is 0.165 e. The summed E-state index contributed by atoms with van der Waals surface area (Å²) in [5.74, 6) is 2.16. The molecule has 162 valence electrons. The monoisotopic (exact) mass is 410 g/mol. The van der Waals surface area contributed by atoms with Crippen LogP contribution in [0.4, 0.5) is 4.39 Å². The van der Waals surface area contributed by atoms with Gasteiger partial charge >= 0.3 is 0 Å². The molecular weight excluding hydrogens is 375 g/mol. The largest absolute Gasteiger partial charge is 0.494 e. The highest BCUT2D eigenvalue weighted by atomic mass is 19.1. The zero-order valence-electron chi connectivity index (χ0n) is 18.2. The van der Waals surface area contributed by atoms with E-state index in [9.17, 15) is 4.39 Å². The molecule has 1 aromatic carbocycles. The van der Waals surface area contributed by atoms with E-state index in [-0.39, 0.29) is 5.82 Å². The number of likely N-dealkylation sites (tertiary alicyclic amines) is 1. The summed E-state index contributed by atoms with van der Waals surface area (Å²) in [7, 11) is 1.54. The highest BCUT2D eigenvalue weighted by Crippen LogP contribution is 2.35. The number of piperidine rings is 1. The lowest BCUT2D eigenvalue weighted by Crippen LogP contribution is -2.39. The molecule has 1 saturated heterocycles. The number of benzene rings is 1. The topological polar surface area (TPSA) is 25.4 Å². The molecule has 4 heteroatoms. The molecule has 30 heavy (non-hydrogen) atoms. The van der Waals surface area contributed by atoms with E-state index in [0.717, 1.165) is 44.2 Å². The van der Waals surface area contributed by atoms with Crippen LogP contribution in [0.1, 0.15) is 62.0 Å². The summed E-state index contributed by atoms with van der Waals surface area (Å²) in [5.41, 5.74) is 2.59. The van der Waals surface area contributed by atoms with E-state index in [0.29, 0.717) is 11.7 Å². The molecule has 1 atom stereocenters. The molecule has 1 aromatic heterocycles. The lowest BCUT2D eigenvalue weighted by atomic mass is 9.77. The van der Waals surface area contributed by atoms with Crippen molar-refractivity contribution in [3.05, 3.63) is 59.7 Å². The summed E-state index contributed by atoms with van der Waals surface area (Å²) in [6.07, 6.45) is 14.3. The zero-order valence-corrected chi connectivity index (χ0v) is 18.2. The van der Waals surface area contributed by atoms with Gasteiger partial charge in [-0.25, -0.2) is 4.39 Å². The van der Waals surface area contributed by atoms with Crippen LogP contribution in [0.5, 0.6) is 5.75 Å². The van der Waals surface area contributed by atoms with Crippen molar-refractivity contribution < 1.29 is 9.13 Å². The van der Waals surface area contributed by atoms with Gasteiger partial charge < -0.3 is 9.64 Å². The smallest absolute Gasteiger partial charge is 0.165 e. The quantitative estimate of drug-likeness (QED) is 0.573. The summed E-state index contributed by atoms with van der Waals surface area (Å²) >= 11 is 0. The van der Waals surface area contributed by atoms with Crippen LogP contribution in [0.15, 0.2) is 42.7 Å². The predicted octanol–water partition coefficient (Wildman–Crippen LogP) is 5.85. The summed E-state index contributed by atoms with van der Waals surface area (Å²) in [6, 6.07) is 9.68. The number of methoxy groups -OCH3 is 1. The molecule has 2 fully saturated rings. The van der Waals surface area contributed by atoms with E-state index >= 15 is 0 Å². The van der Waals surface area contributed by atoms with Gasteiger partial charge in [0.25, 0.3) is 0 Å². The maximum absolute atomic E-state index is 13.8. The van der Waals surface area contributed by atoms with Crippen molar-refractivity contribution in [3.63, 3.8) is 0 Å². The van der Waals surface area contributed by atoms with Gasteiger partial charge in [0.15, 0.2) is 11.6 Å². The molecule has 0 spiro atoms. The van der Waals surface area contributed by atoms with Crippen LogP contribution in [0.25, 0.3) is 0 Å². The third-order valence-corrected chi connectivity index (χ3v) is 7.26. The minimum atomic E-state index is -0.274. The van der Waals surface area contributed by atoms with Crippen molar-refractivity contribution in [2.45, 2.75) is 57.3 Å². The predicted molar refractivity (Wildman–Crippen MR) is 119 cm³/mol. The molecule has 1 saturated carbocycles. The second-order valence-electron chi connectivity index (χ2n) is 9.19. The first kappa shape index (κ1) is 21.3. The Morgan fingerprint density at radius 1 is 1.10 bits per heavy atom. The number of hydrogen-bond donors (Lipinski definition) is 0. The first-order chi connectivity index (χ1) is 14.7. The fourth-order valence-electron chi connectivity index (χ4n) is 5.52. The Morgan fingerprint density at radius 2 is 1.90 bits per heavy atom. The number of pyridine rings is 1. The number of halogens is 1. The normalized spacial score (nSPS) is 20.2. The third-order valence-electron chi connectivity index (χ3n) is 7.26. The van der Waals surface area contributed by atoms with E-state index in [2.05, 4.69) is 22.0 Å². The summed E-state index contributed by atoms with van der Waals surface area (Å²) < 4.78 is 18.9. The van der Waals surface area contributed by atoms with Crippen LogP contribution in [0.2, 0.25) is 0 Å².